The van der Waals surface area contributed by atoms with Crippen LogP contribution in [0.3, 0.4) is 0 Å². The molecule has 0 aliphatic heterocycles. The molecule has 0 radical (unpaired) electrons. The molecule has 50 heavy (non-hydrogen) atoms. The van der Waals surface area contributed by atoms with E-state index in [1.807, 2.05) is 97.1 Å². The molecule has 0 fully saturated rings. The largest absolute Gasteiger partial charge is 0.455 e. The fraction of sp³-hybridized carbons (Fsp3) is 0. The quantitative estimate of drug-likeness (QED) is 0.186. The minimum Gasteiger partial charge on any atom is -0.455 e. The number of hydrogen-bond acceptors (Lipinski definition) is 4. The maximum atomic E-state index is 9.20. The Bertz CT molecular complexity index is 3350. The van der Waals surface area contributed by atoms with E-state index >= 15 is 0 Å². The van der Waals surface area contributed by atoms with Gasteiger partial charge in [0.2, 0.25) is 5.95 Å². The molecule has 0 aliphatic rings. The van der Waals surface area contributed by atoms with Gasteiger partial charge >= 0.3 is 0 Å². The molecule has 0 spiro atoms. The fourth-order valence-corrected chi connectivity index (χ4v) is 6.56. The van der Waals surface area contributed by atoms with Crippen LogP contribution in [0.15, 0.2) is 174 Å². The smallest absolute Gasteiger partial charge is 0.238 e. The summed E-state index contributed by atoms with van der Waals surface area (Å²) in [6, 6.07) is 32.1. The van der Waals surface area contributed by atoms with E-state index in [-0.39, 0.29) is 45.9 Å². The zero-order valence-electron chi connectivity index (χ0n) is 35.2. The molecule has 5 nitrogen and oxygen atoms in total. The first-order chi connectivity index (χ1) is 28.5. The third-order valence-corrected chi connectivity index (χ3v) is 8.91. The molecular weight excluding hydrogens is 613 g/mol. The monoisotopic (exact) mass is 649 g/mol. The fourth-order valence-electron chi connectivity index (χ4n) is 6.56. The molecule has 10 aromatic rings. The van der Waals surface area contributed by atoms with E-state index in [9.17, 15) is 1.37 Å². The molecule has 3 heterocycles. The molecule has 0 atom stereocenters. The molecule has 0 N–H and O–H groups in total. The summed E-state index contributed by atoms with van der Waals surface area (Å²) in [5.74, 6) is 0.614. The highest BCUT2D eigenvalue weighted by molar-refractivity contribution is 6.11. The number of para-hydroxylation sites is 3. The lowest BCUT2D eigenvalue weighted by atomic mass is 10.0. The number of benzene rings is 7. The molecule has 0 bridgehead atoms. The molecule has 10 rings (SSSR count). The third-order valence-electron chi connectivity index (χ3n) is 8.91. The number of fused-ring (bicyclic) bond motifs is 6. The minimum absolute atomic E-state index is 0.0396. The van der Waals surface area contributed by atoms with Crippen LogP contribution in [0.1, 0.15) is 12.3 Å². The highest BCUT2D eigenvalue weighted by Crippen LogP contribution is 2.38. The van der Waals surface area contributed by atoms with Gasteiger partial charge in [0.05, 0.1) is 28.9 Å². The van der Waals surface area contributed by atoms with E-state index in [4.69, 9.17) is 30.3 Å². The lowest BCUT2D eigenvalue weighted by Gasteiger charge is -2.11. The Morgan fingerprint density at radius 3 is 2.04 bits per heavy atom. The highest BCUT2D eigenvalue weighted by atomic mass is 16.3. The molecule has 0 unspecified atom stereocenters. The second-order valence-electron chi connectivity index (χ2n) is 11.8. The van der Waals surface area contributed by atoms with Crippen LogP contribution < -0.4 is 0 Å². The van der Waals surface area contributed by atoms with Crippen molar-refractivity contribution in [2.75, 3.05) is 0 Å². The Kier molecular flexibility index (Phi) is 4.67. The topological polar surface area (TPSA) is 56.7 Å². The molecule has 0 amide bonds. The van der Waals surface area contributed by atoms with Crippen molar-refractivity contribution >= 4 is 43.7 Å². The first-order valence-electron chi connectivity index (χ1n) is 20.5. The van der Waals surface area contributed by atoms with E-state index in [0.29, 0.717) is 39.0 Å². The van der Waals surface area contributed by atoms with E-state index < -0.39 is 42.3 Å². The van der Waals surface area contributed by atoms with Gasteiger partial charge in [-0.15, -0.1) is 0 Å². The number of rotatable bonds is 5. The normalized spacial score (nSPS) is 14.1. The van der Waals surface area contributed by atoms with E-state index in [1.54, 1.807) is 22.8 Å². The van der Waals surface area contributed by atoms with Crippen molar-refractivity contribution in [3.63, 3.8) is 0 Å². The van der Waals surface area contributed by atoms with Crippen LogP contribution in [-0.4, -0.2) is 19.5 Å². The van der Waals surface area contributed by atoms with Gasteiger partial charge < -0.3 is 4.42 Å². The molecule has 0 aliphatic carbocycles. The average molecular weight is 650 g/mol. The lowest BCUT2D eigenvalue weighted by molar-refractivity contribution is 0.669. The number of hydrogen-bond donors (Lipinski definition) is 0. The highest BCUT2D eigenvalue weighted by Gasteiger charge is 2.20. The summed E-state index contributed by atoms with van der Waals surface area (Å²) < 4.78 is 85.6. The van der Waals surface area contributed by atoms with Crippen molar-refractivity contribution in [2.45, 2.75) is 0 Å². The Hall–Kier alpha value is -6.85. The lowest BCUT2D eigenvalue weighted by Crippen LogP contribution is -2.06. The van der Waals surface area contributed by atoms with Crippen LogP contribution in [0.5, 0.6) is 0 Å². The maximum Gasteiger partial charge on any atom is 0.238 e. The first-order valence-corrected chi connectivity index (χ1v) is 16.0. The standard InChI is InChI=1S/C45H28N4O/c1-3-12-29(13-4-1)31-22-24-32(25-23-31)43-46-44(37-19-11-18-36-35-17-8-10-21-41(35)50-42(36)37)48-45(47-43)49-39-20-9-7-16-34(39)38-28-33(26-27-40(38)49)30-14-5-2-6-15-30/h1-28H/i2D,5D,6D,7D,9D,14D,15D,16D,20D. The molecule has 234 valence electrons. The Morgan fingerprint density at radius 1 is 0.460 bits per heavy atom. The van der Waals surface area contributed by atoms with Crippen LogP contribution >= 0.6 is 0 Å². The maximum absolute atomic E-state index is 9.20. The van der Waals surface area contributed by atoms with E-state index in [0.717, 1.165) is 21.9 Å². The molecule has 7 aromatic carbocycles. The van der Waals surface area contributed by atoms with Gasteiger partial charge in [0.15, 0.2) is 11.6 Å². The zero-order valence-corrected chi connectivity index (χ0v) is 26.2. The van der Waals surface area contributed by atoms with Crippen LogP contribution in [-0.2, 0) is 0 Å². The van der Waals surface area contributed by atoms with Gasteiger partial charge in [0.25, 0.3) is 0 Å². The van der Waals surface area contributed by atoms with Crippen molar-refractivity contribution in [3.05, 3.63) is 170 Å². The van der Waals surface area contributed by atoms with Gasteiger partial charge in [-0.25, -0.2) is 4.98 Å². The van der Waals surface area contributed by atoms with Gasteiger partial charge in [0, 0.05) is 27.1 Å². The van der Waals surface area contributed by atoms with Crippen molar-refractivity contribution in [1.82, 2.24) is 19.5 Å². The zero-order chi connectivity index (χ0) is 40.9. The van der Waals surface area contributed by atoms with Crippen molar-refractivity contribution < 1.29 is 16.8 Å². The molecule has 3 aromatic heterocycles. The average Bonchev–Trinajstić information content (AvgIpc) is 3.83. The summed E-state index contributed by atoms with van der Waals surface area (Å²) in [5, 5.41) is 2.27. The van der Waals surface area contributed by atoms with Crippen molar-refractivity contribution in [2.24, 2.45) is 0 Å². The van der Waals surface area contributed by atoms with Crippen molar-refractivity contribution in [3.8, 4) is 51.0 Å². The SMILES string of the molecule is [2H]c1c([2H])c([2H])c(-c2ccc3c(c2)c2c([2H])c([2H])c([2H])c([2H])c2n3-c2nc(-c3ccc(-c4ccccc4)cc3)nc(-c3cccc4c3oc3ccccc34)n2)c([2H])c1[2H]. The van der Waals surface area contributed by atoms with Crippen molar-refractivity contribution in [1.29, 1.82) is 0 Å². The van der Waals surface area contributed by atoms with Gasteiger partial charge in [-0.1, -0.05) is 139 Å². The summed E-state index contributed by atoms with van der Waals surface area (Å²) in [7, 11) is 0. The molecule has 5 heteroatoms. The summed E-state index contributed by atoms with van der Waals surface area (Å²) in [6.07, 6.45) is 0. The van der Waals surface area contributed by atoms with E-state index in [1.165, 1.54) is 0 Å². The predicted molar refractivity (Wildman–Crippen MR) is 203 cm³/mol. The molecule has 0 saturated heterocycles. The Balaban J connectivity index is 1.28. The Labute approximate surface area is 300 Å². The second kappa shape index (κ2) is 11.4. The Morgan fingerprint density at radius 2 is 1.16 bits per heavy atom. The van der Waals surface area contributed by atoms with E-state index in [2.05, 4.69) is 0 Å². The molecule has 0 saturated carbocycles. The number of nitrogens with zero attached hydrogens (tertiary/aromatic N) is 4. The number of furan rings is 1. The van der Waals surface area contributed by atoms with Gasteiger partial charge in [-0.05, 0) is 52.6 Å². The third kappa shape index (κ3) is 4.60. The van der Waals surface area contributed by atoms with Crippen LogP contribution in [0, 0.1) is 0 Å². The minimum atomic E-state index is -0.523. The van der Waals surface area contributed by atoms with Crippen LogP contribution in [0.4, 0.5) is 0 Å². The van der Waals surface area contributed by atoms with Crippen LogP contribution in [0.25, 0.3) is 94.7 Å². The second-order valence-corrected chi connectivity index (χ2v) is 11.8. The number of aromatic nitrogens is 4. The summed E-state index contributed by atoms with van der Waals surface area (Å²) >= 11 is 0. The summed E-state index contributed by atoms with van der Waals surface area (Å²) in [6.45, 7) is 0. The van der Waals surface area contributed by atoms with Gasteiger partial charge in [0.1, 0.15) is 11.2 Å². The van der Waals surface area contributed by atoms with Crippen LogP contribution in [0.2, 0.25) is 0 Å². The van der Waals surface area contributed by atoms with Gasteiger partial charge in [-0.2, -0.15) is 9.97 Å². The summed E-state index contributed by atoms with van der Waals surface area (Å²) in [5.41, 5.74) is 5.24. The molecular formula is C45H28N4O. The summed E-state index contributed by atoms with van der Waals surface area (Å²) in [4.78, 5) is 15.0. The predicted octanol–water partition coefficient (Wildman–Crippen LogP) is 11.5. The van der Waals surface area contributed by atoms with Gasteiger partial charge in [-0.3, -0.25) is 4.57 Å². The first kappa shape index (κ1) is 20.5.